The molecule has 1 aromatic carbocycles. The Morgan fingerprint density at radius 2 is 2.21 bits per heavy atom. The van der Waals surface area contributed by atoms with Gasteiger partial charge >= 0.3 is 0 Å². The zero-order valence-electron chi connectivity index (χ0n) is 12.9. The largest absolute Gasteiger partial charge is 0.467 e. The van der Waals surface area contributed by atoms with E-state index in [4.69, 9.17) is 4.42 Å². The Morgan fingerprint density at radius 1 is 1.33 bits per heavy atom. The van der Waals surface area contributed by atoms with Gasteiger partial charge in [0.15, 0.2) is 0 Å². The first kappa shape index (κ1) is 14.5. The molecular formula is C17H16N4O3. The SMILES string of the molecule is O=C(Nc1nc2ccccc2[nH]1)C1CC(=O)N(Cc2ccco2)C1. The summed E-state index contributed by atoms with van der Waals surface area (Å²) >= 11 is 0. The lowest BCUT2D eigenvalue weighted by molar-refractivity contribution is -0.128. The van der Waals surface area contributed by atoms with E-state index in [9.17, 15) is 9.59 Å². The summed E-state index contributed by atoms with van der Waals surface area (Å²) in [6.07, 6.45) is 1.77. The van der Waals surface area contributed by atoms with Crippen LogP contribution in [0.5, 0.6) is 0 Å². The molecular weight excluding hydrogens is 308 g/mol. The Kier molecular flexibility index (Phi) is 3.53. The van der Waals surface area contributed by atoms with Gasteiger partial charge in [0.2, 0.25) is 17.8 Å². The highest BCUT2D eigenvalue weighted by Crippen LogP contribution is 2.22. The third-order valence-corrected chi connectivity index (χ3v) is 4.14. The van der Waals surface area contributed by atoms with Gasteiger partial charge in [-0.1, -0.05) is 12.1 Å². The van der Waals surface area contributed by atoms with Crippen molar-refractivity contribution in [3.05, 3.63) is 48.4 Å². The van der Waals surface area contributed by atoms with Crippen molar-refractivity contribution < 1.29 is 14.0 Å². The van der Waals surface area contributed by atoms with E-state index < -0.39 is 0 Å². The van der Waals surface area contributed by atoms with Crippen LogP contribution in [0, 0.1) is 5.92 Å². The van der Waals surface area contributed by atoms with Gasteiger partial charge in [-0.05, 0) is 24.3 Å². The molecule has 122 valence electrons. The van der Waals surface area contributed by atoms with Crippen molar-refractivity contribution in [1.29, 1.82) is 0 Å². The van der Waals surface area contributed by atoms with Crippen LogP contribution in [-0.2, 0) is 16.1 Å². The van der Waals surface area contributed by atoms with E-state index in [2.05, 4.69) is 15.3 Å². The summed E-state index contributed by atoms with van der Waals surface area (Å²) in [6.45, 7) is 0.770. The molecule has 1 unspecified atom stereocenters. The molecule has 1 saturated heterocycles. The fourth-order valence-electron chi connectivity index (χ4n) is 2.92. The van der Waals surface area contributed by atoms with Crippen molar-refractivity contribution in [2.24, 2.45) is 5.92 Å². The fourth-order valence-corrected chi connectivity index (χ4v) is 2.92. The number of nitrogens with zero attached hydrogens (tertiary/aromatic N) is 2. The minimum absolute atomic E-state index is 0.0452. The molecule has 1 aliphatic rings. The number of imidazole rings is 1. The van der Waals surface area contributed by atoms with Gasteiger partial charge in [0, 0.05) is 13.0 Å². The van der Waals surface area contributed by atoms with Gasteiger partial charge in [0.1, 0.15) is 5.76 Å². The molecule has 0 saturated carbocycles. The van der Waals surface area contributed by atoms with Crippen LogP contribution < -0.4 is 5.32 Å². The number of H-pyrrole nitrogens is 1. The van der Waals surface area contributed by atoms with Crippen LogP contribution >= 0.6 is 0 Å². The zero-order valence-corrected chi connectivity index (χ0v) is 12.9. The molecule has 2 N–H and O–H groups in total. The Morgan fingerprint density at radius 3 is 3.00 bits per heavy atom. The summed E-state index contributed by atoms with van der Waals surface area (Å²) in [6, 6.07) is 11.1. The number of benzene rings is 1. The third kappa shape index (κ3) is 2.76. The van der Waals surface area contributed by atoms with Gasteiger partial charge in [0.25, 0.3) is 0 Å². The number of hydrogen-bond acceptors (Lipinski definition) is 4. The molecule has 0 radical (unpaired) electrons. The number of rotatable bonds is 4. The molecule has 0 aliphatic carbocycles. The van der Waals surface area contributed by atoms with Crippen molar-refractivity contribution in [3.8, 4) is 0 Å². The van der Waals surface area contributed by atoms with Crippen molar-refractivity contribution in [3.63, 3.8) is 0 Å². The predicted octanol–water partition coefficient (Wildman–Crippen LogP) is 2.14. The van der Waals surface area contributed by atoms with Crippen LogP contribution in [0.25, 0.3) is 11.0 Å². The molecule has 0 spiro atoms. The monoisotopic (exact) mass is 324 g/mol. The number of para-hydroxylation sites is 2. The maximum Gasteiger partial charge on any atom is 0.232 e. The lowest BCUT2D eigenvalue weighted by Gasteiger charge is -2.14. The molecule has 2 amide bonds. The highest BCUT2D eigenvalue weighted by atomic mass is 16.3. The molecule has 1 aliphatic heterocycles. The van der Waals surface area contributed by atoms with Gasteiger partial charge < -0.3 is 14.3 Å². The molecule has 3 aromatic rings. The summed E-state index contributed by atoms with van der Waals surface area (Å²) < 4.78 is 5.26. The van der Waals surface area contributed by atoms with Gasteiger partial charge in [-0.25, -0.2) is 4.98 Å². The minimum atomic E-state index is -0.388. The van der Waals surface area contributed by atoms with E-state index in [1.54, 1.807) is 17.2 Å². The van der Waals surface area contributed by atoms with Gasteiger partial charge in [-0.2, -0.15) is 0 Å². The molecule has 7 nitrogen and oxygen atoms in total. The van der Waals surface area contributed by atoms with Crippen LogP contribution in [0.15, 0.2) is 47.1 Å². The fraction of sp³-hybridized carbons (Fsp3) is 0.235. The number of aromatic nitrogens is 2. The van der Waals surface area contributed by atoms with E-state index in [0.29, 0.717) is 24.8 Å². The van der Waals surface area contributed by atoms with Crippen LogP contribution in [0.1, 0.15) is 12.2 Å². The Labute approximate surface area is 137 Å². The molecule has 2 aromatic heterocycles. The number of nitrogens with one attached hydrogen (secondary N) is 2. The lowest BCUT2D eigenvalue weighted by atomic mass is 10.1. The second kappa shape index (κ2) is 5.84. The Balaban J connectivity index is 1.42. The van der Waals surface area contributed by atoms with E-state index in [1.807, 2.05) is 30.3 Å². The number of amides is 2. The normalized spacial score (nSPS) is 17.6. The topological polar surface area (TPSA) is 91.2 Å². The second-order valence-corrected chi connectivity index (χ2v) is 5.85. The van der Waals surface area contributed by atoms with Gasteiger partial charge in [-0.3, -0.25) is 14.9 Å². The van der Waals surface area contributed by atoms with Crippen LogP contribution in [0.2, 0.25) is 0 Å². The summed E-state index contributed by atoms with van der Waals surface area (Å²) in [4.78, 5) is 33.5. The van der Waals surface area contributed by atoms with E-state index in [-0.39, 0.29) is 24.2 Å². The highest BCUT2D eigenvalue weighted by molar-refractivity contribution is 5.97. The predicted molar refractivity (Wildman–Crippen MR) is 87.0 cm³/mol. The number of aromatic amines is 1. The molecule has 7 heteroatoms. The third-order valence-electron chi connectivity index (χ3n) is 4.14. The number of fused-ring (bicyclic) bond motifs is 1. The molecule has 1 atom stereocenters. The summed E-state index contributed by atoms with van der Waals surface area (Å²) in [5.41, 5.74) is 1.64. The van der Waals surface area contributed by atoms with Crippen molar-refractivity contribution in [2.75, 3.05) is 11.9 Å². The standard InChI is InChI=1S/C17H16N4O3/c22-15-8-11(9-21(15)10-12-4-3-7-24-12)16(23)20-17-18-13-5-1-2-6-14(13)19-17/h1-7,11H,8-10H2,(H2,18,19,20,23). The first-order valence-corrected chi connectivity index (χ1v) is 7.75. The number of anilines is 1. The Hall–Kier alpha value is -3.09. The molecule has 4 rings (SSSR count). The first-order chi connectivity index (χ1) is 11.7. The van der Waals surface area contributed by atoms with Crippen LogP contribution in [-0.4, -0.2) is 33.2 Å². The summed E-state index contributed by atoms with van der Waals surface area (Å²) in [5, 5.41) is 2.77. The minimum Gasteiger partial charge on any atom is -0.467 e. The molecule has 1 fully saturated rings. The quantitative estimate of drug-likeness (QED) is 0.769. The van der Waals surface area contributed by atoms with Crippen LogP contribution in [0.3, 0.4) is 0 Å². The van der Waals surface area contributed by atoms with Crippen molar-refractivity contribution in [2.45, 2.75) is 13.0 Å². The number of furan rings is 1. The molecule has 3 heterocycles. The maximum atomic E-state index is 12.4. The molecule has 0 bridgehead atoms. The van der Waals surface area contributed by atoms with E-state index >= 15 is 0 Å². The first-order valence-electron chi connectivity index (χ1n) is 7.75. The number of carbonyl (C=O) groups is 2. The lowest BCUT2D eigenvalue weighted by Crippen LogP contribution is -2.28. The average Bonchev–Trinajstić information content (AvgIpc) is 3.28. The van der Waals surface area contributed by atoms with Gasteiger partial charge in [-0.15, -0.1) is 0 Å². The van der Waals surface area contributed by atoms with Crippen molar-refractivity contribution in [1.82, 2.24) is 14.9 Å². The number of likely N-dealkylation sites (tertiary alicyclic amines) is 1. The smallest absolute Gasteiger partial charge is 0.232 e. The number of hydrogen-bond donors (Lipinski definition) is 2. The summed E-state index contributed by atoms with van der Waals surface area (Å²) in [7, 11) is 0. The van der Waals surface area contributed by atoms with Gasteiger partial charge in [0.05, 0.1) is 29.8 Å². The highest BCUT2D eigenvalue weighted by Gasteiger charge is 2.34. The van der Waals surface area contributed by atoms with E-state index in [0.717, 1.165) is 11.0 Å². The van der Waals surface area contributed by atoms with E-state index in [1.165, 1.54) is 0 Å². The number of carbonyl (C=O) groups excluding carboxylic acids is 2. The maximum absolute atomic E-state index is 12.4. The zero-order chi connectivity index (χ0) is 16.5. The van der Waals surface area contributed by atoms with Crippen molar-refractivity contribution >= 4 is 28.8 Å². The summed E-state index contributed by atoms with van der Waals surface area (Å²) in [5.74, 6) is 0.473. The average molecular weight is 324 g/mol. The Bertz CT molecular complexity index is 851. The molecule has 24 heavy (non-hydrogen) atoms. The second-order valence-electron chi connectivity index (χ2n) is 5.85. The van der Waals surface area contributed by atoms with Crippen LogP contribution in [0.4, 0.5) is 5.95 Å².